The van der Waals surface area contributed by atoms with Gasteiger partial charge in [-0.2, -0.15) is 0 Å². The summed E-state index contributed by atoms with van der Waals surface area (Å²) in [5.41, 5.74) is 2.56. The number of anilines is 1. The van der Waals surface area contributed by atoms with Crippen LogP contribution in [0.15, 0.2) is 48.5 Å². The second-order valence-corrected chi connectivity index (χ2v) is 6.81. The monoisotopic (exact) mass is 444 g/mol. The van der Waals surface area contributed by atoms with Gasteiger partial charge in [0.2, 0.25) is 5.91 Å². The zero-order chi connectivity index (χ0) is 23.3. The third-order valence-corrected chi connectivity index (χ3v) is 4.51. The Morgan fingerprint density at radius 2 is 1.78 bits per heavy atom. The van der Waals surface area contributed by atoms with Gasteiger partial charge < -0.3 is 10.1 Å². The lowest BCUT2D eigenvalue weighted by Gasteiger charge is -2.17. The summed E-state index contributed by atoms with van der Waals surface area (Å²) in [5, 5.41) is 14.1. The van der Waals surface area contributed by atoms with Gasteiger partial charge >= 0.3 is 5.97 Å². The highest BCUT2D eigenvalue weighted by Crippen LogP contribution is 2.18. The first-order chi connectivity index (χ1) is 15.2. The largest absolute Gasteiger partial charge is 0.455 e. The summed E-state index contributed by atoms with van der Waals surface area (Å²) >= 11 is 0. The average Bonchev–Trinajstić information content (AvgIpc) is 3.14. The highest BCUT2D eigenvalue weighted by Gasteiger charge is 2.36. The number of carbonyl (C=O) groups is 4. The SMILES string of the molecule is O=C(COC(=O)[C@H]1CC(=O)N(NC(=O)c2ccc([N+](=O)[O-])cc2)C1)Nc1ccc(F)cc1. The number of rotatable bonds is 7. The summed E-state index contributed by atoms with van der Waals surface area (Å²) in [7, 11) is 0. The quantitative estimate of drug-likeness (QED) is 0.373. The molecule has 1 fully saturated rings. The van der Waals surface area contributed by atoms with E-state index in [2.05, 4.69) is 10.7 Å². The van der Waals surface area contributed by atoms with Crippen molar-refractivity contribution in [1.29, 1.82) is 0 Å². The molecule has 3 amide bonds. The fourth-order valence-corrected chi connectivity index (χ4v) is 2.88. The van der Waals surface area contributed by atoms with Gasteiger partial charge in [-0.25, -0.2) is 4.39 Å². The van der Waals surface area contributed by atoms with Crippen LogP contribution in [0.4, 0.5) is 15.8 Å². The molecule has 166 valence electrons. The van der Waals surface area contributed by atoms with Crippen LogP contribution >= 0.6 is 0 Å². The van der Waals surface area contributed by atoms with Crippen LogP contribution in [-0.4, -0.2) is 46.8 Å². The molecule has 11 nitrogen and oxygen atoms in total. The summed E-state index contributed by atoms with van der Waals surface area (Å²) in [5.74, 6) is -4.00. The molecule has 0 aliphatic carbocycles. The van der Waals surface area contributed by atoms with E-state index in [1.165, 1.54) is 24.3 Å². The van der Waals surface area contributed by atoms with E-state index in [0.29, 0.717) is 5.69 Å². The van der Waals surface area contributed by atoms with Gasteiger partial charge in [0.15, 0.2) is 6.61 Å². The van der Waals surface area contributed by atoms with Crippen LogP contribution in [0.2, 0.25) is 0 Å². The highest BCUT2D eigenvalue weighted by molar-refractivity contribution is 5.97. The van der Waals surface area contributed by atoms with Crippen molar-refractivity contribution in [3.05, 3.63) is 70.0 Å². The maximum Gasteiger partial charge on any atom is 0.311 e. The van der Waals surface area contributed by atoms with E-state index < -0.39 is 47.0 Å². The lowest BCUT2D eigenvalue weighted by Crippen LogP contribution is -2.43. The molecule has 1 aliphatic heterocycles. The van der Waals surface area contributed by atoms with Gasteiger partial charge in [-0.3, -0.25) is 39.7 Å². The Labute approximate surface area is 180 Å². The Morgan fingerprint density at radius 1 is 1.12 bits per heavy atom. The van der Waals surface area contributed by atoms with E-state index in [9.17, 15) is 33.7 Å². The Morgan fingerprint density at radius 3 is 2.41 bits per heavy atom. The van der Waals surface area contributed by atoms with E-state index in [1.54, 1.807) is 0 Å². The van der Waals surface area contributed by atoms with Crippen LogP contribution in [0.3, 0.4) is 0 Å². The molecule has 2 aromatic carbocycles. The summed E-state index contributed by atoms with van der Waals surface area (Å²) in [4.78, 5) is 58.5. The first-order valence-electron chi connectivity index (χ1n) is 9.31. The summed E-state index contributed by atoms with van der Waals surface area (Å²) in [6, 6.07) is 9.78. The number of hydrazine groups is 1. The van der Waals surface area contributed by atoms with Gasteiger partial charge in [0, 0.05) is 29.8 Å². The maximum absolute atomic E-state index is 12.9. The Hall–Kier alpha value is -4.35. The average molecular weight is 444 g/mol. The maximum atomic E-state index is 12.9. The number of benzene rings is 2. The fourth-order valence-electron chi connectivity index (χ4n) is 2.88. The number of esters is 1. The van der Waals surface area contributed by atoms with Crippen LogP contribution in [0.25, 0.3) is 0 Å². The van der Waals surface area contributed by atoms with Gasteiger partial charge in [-0.15, -0.1) is 0 Å². The van der Waals surface area contributed by atoms with Gasteiger partial charge in [-0.05, 0) is 36.4 Å². The van der Waals surface area contributed by atoms with Crippen molar-refractivity contribution < 1.29 is 33.2 Å². The normalized spacial score (nSPS) is 15.2. The lowest BCUT2D eigenvalue weighted by atomic mass is 10.1. The zero-order valence-corrected chi connectivity index (χ0v) is 16.4. The lowest BCUT2D eigenvalue weighted by molar-refractivity contribution is -0.384. The van der Waals surface area contributed by atoms with E-state index in [1.807, 2.05) is 0 Å². The van der Waals surface area contributed by atoms with E-state index in [4.69, 9.17) is 4.74 Å². The van der Waals surface area contributed by atoms with E-state index >= 15 is 0 Å². The first kappa shape index (κ1) is 22.3. The number of nitro benzene ring substituents is 1. The number of nitro groups is 1. The molecule has 3 rings (SSSR count). The number of carbonyl (C=O) groups excluding carboxylic acids is 4. The molecule has 32 heavy (non-hydrogen) atoms. The molecule has 0 bridgehead atoms. The van der Waals surface area contributed by atoms with Crippen LogP contribution in [-0.2, 0) is 19.1 Å². The number of halogens is 1. The molecule has 0 saturated carbocycles. The third kappa shape index (κ3) is 5.62. The molecule has 0 unspecified atom stereocenters. The zero-order valence-electron chi connectivity index (χ0n) is 16.4. The van der Waals surface area contributed by atoms with Gasteiger partial charge in [0.25, 0.3) is 17.5 Å². The molecule has 2 N–H and O–H groups in total. The minimum Gasteiger partial charge on any atom is -0.455 e. The van der Waals surface area contributed by atoms with Crippen molar-refractivity contribution in [2.45, 2.75) is 6.42 Å². The number of nitrogens with zero attached hydrogens (tertiary/aromatic N) is 2. The van der Waals surface area contributed by atoms with Crippen LogP contribution in [0, 0.1) is 21.8 Å². The molecule has 1 heterocycles. The van der Waals surface area contributed by atoms with Crippen LogP contribution in [0.5, 0.6) is 0 Å². The summed E-state index contributed by atoms with van der Waals surface area (Å²) in [6.07, 6.45) is -0.223. The number of amides is 3. The smallest absolute Gasteiger partial charge is 0.311 e. The number of non-ortho nitro benzene ring substituents is 1. The van der Waals surface area contributed by atoms with Crippen molar-refractivity contribution in [2.24, 2.45) is 5.92 Å². The third-order valence-electron chi connectivity index (χ3n) is 4.51. The Bertz CT molecular complexity index is 1060. The molecular weight excluding hydrogens is 427 g/mol. The van der Waals surface area contributed by atoms with Crippen LogP contribution in [0.1, 0.15) is 16.8 Å². The Balaban J connectivity index is 1.48. The van der Waals surface area contributed by atoms with Gasteiger partial charge in [-0.1, -0.05) is 0 Å². The molecular formula is C20H17FN4O7. The van der Waals surface area contributed by atoms with Crippen molar-refractivity contribution in [2.75, 3.05) is 18.5 Å². The second-order valence-electron chi connectivity index (χ2n) is 6.81. The van der Waals surface area contributed by atoms with E-state index in [0.717, 1.165) is 29.3 Å². The van der Waals surface area contributed by atoms with E-state index in [-0.39, 0.29) is 24.2 Å². The van der Waals surface area contributed by atoms with Crippen molar-refractivity contribution >= 4 is 35.1 Å². The predicted molar refractivity (Wildman–Crippen MR) is 106 cm³/mol. The fraction of sp³-hybridized carbons (Fsp3) is 0.200. The predicted octanol–water partition coefficient (Wildman–Crippen LogP) is 1.41. The van der Waals surface area contributed by atoms with Crippen molar-refractivity contribution in [3.63, 3.8) is 0 Å². The van der Waals surface area contributed by atoms with Gasteiger partial charge in [0.1, 0.15) is 5.82 Å². The number of hydrogen-bond donors (Lipinski definition) is 2. The van der Waals surface area contributed by atoms with Crippen molar-refractivity contribution in [3.8, 4) is 0 Å². The summed E-state index contributed by atoms with van der Waals surface area (Å²) in [6.45, 7) is -0.758. The Kier molecular flexibility index (Phi) is 6.73. The first-order valence-corrected chi connectivity index (χ1v) is 9.31. The molecule has 2 aromatic rings. The standard InChI is InChI=1S/C20H17FN4O7/c21-14-3-5-15(6-4-14)22-17(26)11-32-20(29)13-9-18(27)24(10-13)23-19(28)12-1-7-16(8-2-12)25(30)31/h1-8,13H,9-11H2,(H,22,26)(H,23,28)/t13-/m0/s1. The summed E-state index contributed by atoms with van der Waals surface area (Å²) < 4.78 is 17.8. The number of hydrogen-bond acceptors (Lipinski definition) is 7. The highest BCUT2D eigenvalue weighted by atomic mass is 19.1. The second kappa shape index (κ2) is 9.64. The number of ether oxygens (including phenoxy) is 1. The molecule has 0 radical (unpaired) electrons. The molecule has 0 spiro atoms. The minimum atomic E-state index is -0.890. The minimum absolute atomic E-state index is 0.0897. The van der Waals surface area contributed by atoms with Gasteiger partial charge in [0.05, 0.1) is 17.4 Å². The molecule has 1 saturated heterocycles. The molecule has 1 atom stereocenters. The van der Waals surface area contributed by atoms with Crippen LogP contribution < -0.4 is 10.7 Å². The molecule has 1 aliphatic rings. The molecule has 0 aromatic heterocycles. The number of nitrogens with one attached hydrogen (secondary N) is 2. The molecule has 12 heteroatoms. The van der Waals surface area contributed by atoms with Crippen molar-refractivity contribution in [1.82, 2.24) is 10.4 Å². The topological polar surface area (TPSA) is 148 Å².